The molecule has 0 amide bonds. The van der Waals surface area contributed by atoms with Crippen molar-refractivity contribution in [3.05, 3.63) is 0 Å². The highest BCUT2D eigenvalue weighted by Crippen LogP contribution is 2.36. The van der Waals surface area contributed by atoms with Crippen molar-refractivity contribution in [3.63, 3.8) is 0 Å². The van der Waals surface area contributed by atoms with Gasteiger partial charge in [-0.05, 0) is 18.1 Å². The molecule has 0 saturated heterocycles. The molecule has 0 aromatic heterocycles. The third-order valence-corrected chi connectivity index (χ3v) is 7.48. The lowest BCUT2D eigenvalue weighted by Crippen LogP contribution is -2.42. The van der Waals surface area contributed by atoms with Crippen LogP contribution >= 0.6 is 0 Å². The van der Waals surface area contributed by atoms with Gasteiger partial charge in [-0.25, -0.2) is 0 Å². The fourth-order valence-corrected chi connectivity index (χ4v) is 2.65. The maximum atomic E-state index is 10.5. The second kappa shape index (κ2) is 3.68. The van der Waals surface area contributed by atoms with Crippen molar-refractivity contribution in [2.24, 2.45) is 0 Å². The smallest absolute Gasteiger partial charge is 0.288 e. The molecule has 0 heterocycles. The van der Waals surface area contributed by atoms with E-state index in [2.05, 4.69) is 0 Å². The third-order valence-electron chi connectivity index (χ3n) is 2.37. The van der Waals surface area contributed by atoms with Crippen LogP contribution in [0.15, 0.2) is 0 Å². The monoisotopic (exact) mass is 226 g/mol. The molecular formula is C7H18O4SSi. The van der Waals surface area contributed by atoms with Crippen LogP contribution in [-0.4, -0.2) is 27.2 Å². The first-order valence-corrected chi connectivity index (χ1v) is 8.56. The van der Waals surface area contributed by atoms with Gasteiger partial charge in [0.25, 0.3) is 10.1 Å². The molecule has 0 aromatic rings. The van der Waals surface area contributed by atoms with Gasteiger partial charge in [0.05, 0.1) is 0 Å². The van der Waals surface area contributed by atoms with E-state index in [1.807, 2.05) is 33.9 Å². The van der Waals surface area contributed by atoms with E-state index in [4.69, 9.17) is 8.98 Å². The number of rotatable bonds is 3. The molecule has 0 aliphatic carbocycles. The lowest BCUT2D eigenvalue weighted by molar-refractivity contribution is 0.324. The average Bonchev–Trinajstić information content (AvgIpc) is 1.79. The van der Waals surface area contributed by atoms with Crippen molar-refractivity contribution >= 4 is 18.4 Å². The molecule has 0 spiro atoms. The van der Waals surface area contributed by atoms with Crippen LogP contribution in [0.2, 0.25) is 18.1 Å². The predicted octanol–water partition coefficient (Wildman–Crippen LogP) is 1.85. The molecule has 0 aliphatic heterocycles. The first-order chi connectivity index (χ1) is 5.46. The maximum Gasteiger partial charge on any atom is 0.288 e. The van der Waals surface area contributed by atoms with Crippen molar-refractivity contribution in [3.8, 4) is 0 Å². The Bertz CT molecular complexity index is 263. The van der Waals surface area contributed by atoms with Crippen molar-refractivity contribution in [1.29, 1.82) is 0 Å². The summed E-state index contributed by atoms with van der Waals surface area (Å²) in [4.78, 5) is 0. The molecule has 0 radical (unpaired) electrons. The lowest BCUT2D eigenvalue weighted by Gasteiger charge is -2.35. The lowest BCUT2D eigenvalue weighted by atomic mass is 10.2. The second-order valence-electron chi connectivity index (χ2n) is 4.60. The van der Waals surface area contributed by atoms with Gasteiger partial charge in [-0.3, -0.25) is 4.55 Å². The molecule has 6 heteroatoms. The molecule has 0 atom stereocenters. The van der Waals surface area contributed by atoms with Crippen LogP contribution in [0.1, 0.15) is 20.8 Å². The maximum absolute atomic E-state index is 10.5. The van der Waals surface area contributed by atoms with Gasteiger partial charge in [-0.1, -0.05) is 20.8 Å². The SMILES string of the molecule is CC(C)(C)[Si](C)(C)OCS(=O)(=O)O. The molecule has 0 saturated carbocycles. The molecule has 4 nitrogen and oxygen atoms in total. The summed E-state index contributed by atoms with van der Waals surface area (Å²) < 4.78 is 34.7. The van der Waals surface area contributed by atoms with Crippen molar-refractivity contribution in [2.45, 2.75) is 38.9 Å². The zero-order valence-corrected chi connectivity index (χ0v) is 10.6. The Morgan fingerprint density at radius 3 is 1.92 bits per heavy atom. The minimum Gasteiger partial charge on any atom is -0.401 e. The summed E-state index contributed by atoms with van der Waals surface area (Å²) in [6.45, 7) is 9.87. The largest absolute Gasteiger partial charge is 0.401 e. The zero-order valence-electron chi connectivity index (χ0n) is 8.79. The summed E-state index contributed by atoms with van der Waals surface area (Å²) in [5, 5.41) is -0.0440. The van der Waals surface area contributed by atoms with E-state index in [9.17, 15) is 8.42 Å². The van der Waals surface area contributed by atoms with Crippen LogP contribution in [0.4, 0.5) is 0 Å². The summed E-state index contributed by atoms with van der Waals surface area (Å²) in [6.07, 6.45) is 0. The van der Waals surface area contributed by atoms with E-state index < -0.39 is 24.4 Å². The quantitative estimate of drug-likeness (QED) is 0.589. The van der Waals surface area contributed by atoms with Gasteiger partial charge in [0.2, 0.25) is 0 Å². The highest BCUT2D eigenvalue weighted by molar-refractivity contribution is 7.85. The summed E-state index contributed by atoms with van der Waals surface area (Å²) in [6, 6.07) is 0. The topological polar surface area (TPSA) is 63.6 Å². The Balaban J connectivity index is 4.38. The van der Waals surface area contributed by atoms with Gasteiger partial charge in [0.15, 0.2) is 14.3 Å². The van der Waals surface area contributed by atoms with Gasteiger partial charge >= 0.3 is 0 Å². The van der Waals surface area contributed by atoms with Gasteiger partial charge in [-0.15, -0.1) is 0 Å². The summed E-state index contributed by atoms with van der Waals surface area (Å²) in [5.74, 6) is -0.594. The van der Waals surface area contributed by atoms with Gasteiger partial charge in [-0.2, -0.15) is 8.42 Å². The number of hydrogen-bond donors (Lipinski definition) is 1. The molecular weight excluding hydrogens is 208 g/mol. The standard InChI is InChI=1S/C7H18O4SSi/c1-7(2,3)13(4,5)11-6-12(8,9)10/h6H2,1-5H3,(H,8,9,10). The van der Waals surface area contributed by atoms with E-state index in [1.54, 1.807) is 0 Å². The van der Waals surface area contributed by atoms with Gasteiger partial charge < -0.3 is 4.43 Å². The molecule has 13 heavy (non-hydrogen) atoms. The van der Waals surface area contributed by atoms with Crippen LogP contribution in [-0.2, 0) is 14.5 Å². The molecule has 1 N–H and O–H groups in total. The average molecular weight is 226 g/mol. The summed E-state index contributed by atoms with van der Waals surface area (Å²) in [5.41, 5.74) is 0. The van der Waals surface area contributed by atoms with Crippen molar-refractivity contribution in [2.75, 3.05) is 5.94 Å². The Morgan fingerprint density at radius 2 is 1.69 bits per heavy atom. The first-order valence-electron chi connectivity index (χ1n) is 4.05. The Labute approximate surface area is 81.2 Å². The zero-order chi connectivity index (χ0) is 10.9. The Morgan fingerprint density at radius 1 is 1.31 bits per heavy atom. The van der Waals surface area contributed by atoms with E-state index in [0.29, 0.717) is 0 Å². The Kier molecular flexibility index (Phi) is 3.71. The minimum atomic E-state index is -4.01. The van der Waals surface area contributed by atoms with E-state index in [0.717, 1.165) is 0 Å². The molecule has 0 aromatic carbocycles. The normalized spacial score (nSPS) is 14.6. The molecule has 0 bridgehead atoms. The molecule has 80 valence electrons. The second-order valence-corrected chi connectivity index (χ2v) is 10.8. The first kappa shape index (κ1) is 13.1. The Hall–Kier alpha value is 0.0869. The highest BCUT2D eigenvalue weighted by atomic mass is 32.2. The molecule has 0 rings (SSSR count). The van der Waals surface area contributed by atoms with E-state index in [-0.39, 0.29) is 5.04 Å². The van der Waals surface area contributed by atoms with Gasteiger partial charge in [0.1, 0.15) is 0 Å². The van der Waals surface area contributed by atoms with Gasteiger partial charge in [0, 0.05) is 0 Å². The van der Waals surface area contributed by atoms with Crippen LogP contribution in [0, 0.1) is 0 Å². The summed E-state index contributed by atoms with van der Waals surface area (Å²) >= 11 is 0. The minimum absolute atomic E-state index is 0.0440. The molecule has 0 unspecified atom stereocenters. The van der Waals surface area contributed by atoms with Crippen molar-refractivity contribution in [1.82, 2.24) is 0 Å². The van der Waals surface area contributed by atoms with Crippen LogP contribution in [0.5, 0.6) is 0 Å². The predicted molar refractivity (Wildman–Crippen MR) is 54.7 cm³/mol. The number of hydrogen-bond acceptors (Lipinski definition) is 3. The van der Waals surface area contributed by atoms with Crippen LogP contribution < -0.4 is 0 Å². The van der Waals surface area contributed by atoms with E-state index in [1.165, 1.54) is 0 Å². The van der Waals surface area contributed by atoms with E-state index >= 15 is 0 Å². The van der Waals surface area contributed by atoms with Crippen LogP contribution in [0.25, 0.3) is 0 Å². The highest BCUT2D eigenvalue weighted by Gasteiger charge is 2.37. The fourth-order valence-electron chi connectivity index (χ4n) is 0.438. The molecule has 0 fully saturated rings. The summed E-state index contributed by atoms with van der Waals surface area (Å²) in [7, 11) is -6.06. The molecule has 0 aliphatic rings. The third kappa shape index (κ3) is 4.75. The van der Waals surface area contributed by atoms with Crippen molar-refractivity contribution < 1.29 is 17.4 Å². The van der Waals surface area contributed by atoms with Crippen LogP contribution in [0.3, 0.4) is 0 Å². The fraction of sp³-hybridized carbons (Fsp3) is 1.00.